The minimum absolute atomic E-state index is 0.0317. The van der Waals surface area contributed by atoms with E-state index in [2.05, 4.69) is 57.2 Å². The second-order valence-electron chi connectivity index (χ2n) is 24.1. The Balaban J connectivity index is 1.43. The molecule has 2 aromatic carbocycles. The molecule has 8 amide bonds. The van der Waals surface area contributed by atoms with Gasteiger partial charge in [-0.1, -0.05) is 104 Å². The number of carbonyl (C=O) groups is 9. The number of imidazole rings is 1. The van der Waals surface area contributed by atoms with Crippen LogP contribution in [0.25, 0.3) is 10.9 Å². The Hall–Kier alpha value is -8.35. The molecule has 1 saturated heterocycles. The standard InChI is InChI=1S/C61H91N15O10/c1-34(2)24-42(62)59(84)76-23-15-21-51(76)58(83)74-48(29-39-31-67-43-19-13-12-18-41(39)43)56(81)73-49(30-40-32-65-33-68-40)57(82)69-44(20-14-22-66-61(63)64)52(77)70-45(25-35(3)4)53(78)72-47(28-38-16-10-9-11-17-38)55(80)71-46(26-36(5)6)54(79)75-50(60(85)86)27-37(7)8/h9-13,16-19,31-37,42,44-51,67H,14-15,20-30,62H2,1-8H3,(H,65,68)(H,69,82)(H,70,77)(H,71,80)(H,72,78)(H,73,81)(H,74,83)(H,75,79)(H,85,86)(H4,63,64,66)/t42-,44-,45-,46-,47-,48-,49-,50-,51-/m0/s1. The van der Waals surface area contributed by atoms with Gasteiger partial charge >= 0.3 is 5.97 Å². The first-order chi connectivity index (χ1) is 40.8. The first-order valence-electron chi connectivity index (χ1n) is 29.8. The predicted molar refractivity (Wildman–Crippen MR) is 326 cm³/mol. The lowest BCUT2D eigenvalue weighted by Gasteiger charge is -2.30. The maximum Gasteiger partial charge on any atom is 0.326 e. The average Bonchev–Trinajstić information content (AvgIpc) is 3.73. The third-order valence-electron chi connectivity index (χ3n) is 14.7. The van der Waals surface area contributed by atoms with E-state index in [0.717, 1.165) is 10.9 Å². The summed E-state index contributed by atoms with van der Waals surface area (Å²) in [5, 5.41) is 30.2. The number of hydrogen-bond donors (Lipinski definition) is 13. The topological polar surface area (TPSA) is 396 Å². The highest BCUT2D eigenvalue weighted by molar-refractivity contribution is 5.99. The van der Waals surface area contributed by atoms with Crippen molar-refractivity contribution in [1.82, 2.24) is 57.1 Å². The van der Waals surface area contributed by atoms with Crippen LogP contribution in [0.5, 0.6) is 0 Å². The highest BCUT2D eigenvalue weighted by Gasteiger charge is 2.40. The van der Waals surface area contributed by atoms with E-state index >= 15 is 0 Å². The van der Waals surface area contributed by atoms with Crippen molar-refractivity contribution in [1.29, 1.82) is 0 Å². The molecule has 25 nitrogen and oxygen atoms in total. The number of aliphatic carboxylic acids is 1. The second-order valence-corrected chi connectivity index (χ2v) is 24.1. The van der Waals surface area contributed by atoms with Crippen LogP contribution in [0.15, 0.2) is 78.3 Å². The second kappa shape index (κ2) is 33.4. The molecule has 0 saturated carbocycles. The summed E-state index contributed by atoms with van der Waals surface area (Å²) >= 11 is 0. The number of guanidine groups is 1. The normalized spacial score (nSPS) is 16.1. The van der Waals surface area contributed by atoms with Gasteiger partial charge in [0.25, 0.3) is 0 Å². The largest absolute Gasteiger partial charge is 0.480 e. The fourth-order valence-electron chi connectivity index (χ4n) is 10.5. The maximum atomic E-state index is 14.9. The van der Waals surface area contributed by atoms with Gasteiger partial charge in [-0.15, -0.1) is 0 Å². The summed E-state index contributed by atoms with van der Waals surface area (Å²) in [6.45, 7) is 15.3. The molecule has 0 radical (unpaired) electrons. The van der Waals surface area contributed by atoms with Crippen LogP contribution in [0, 0.1) is 23.7 Å². The van der Waals surface area contributed by atoms with Crippen LogP contribution in [0.2, 0.25) is 0 Å². The zero-order chi connectivity index (χ0) is 63.2. The Kier molecular flexibility index (Phi) is 26.6. The molecule has 1 fully saturated rings. The van der Waals surface area contributed by atoms with E-state index in [4.69, 9.17) is 17.2 Å². The van der Waals surface area contributed by atoms with Gasteiger partial charge in [-0.2, -0.15) is 0 Å². The first-order valence-corrected chi connectivity index (χ1v) is 29.8. The number of hydrogen-bond acceptors (Lipinski definition) is 12. The molecule has 9 atom stereocenters. The van der Waals surface area contributed by atoms with Gasteiger partial charge in [0.15, 0.2) is 5.96 Å². The number of aromatic amines is 2. The zero-order valence-corrected chi connectivity index (χ0v) is 50.8. The molecule has 4 aromatic rings. The molecule has 3 heterocycles. The number of nitrogens with two attached hydrogens (primary N) is 3. The Morgan fingerprint density at radius 1 is 0.616 bits per heavy atom. The van der Waals surface area contributed by atoms with Crippen molar-refractivity contribution in [3.8, 4) is 0 Å². The van der Waals surface area contributed by atoms with E-state index in [1.165, 1.54) is 17.4 Å². The van der Waals surface area contributed by atoms with Crippen molar-refractivity contribution in [2.45, 2.75) is 180 Å². The van der Waals surface area contributed by atoms with Crippen LogP contribution in [-0.4, -0.2) is 152 Å². The predicted octanol–water partition coefficient (Wildman–Crippen LogP) is 1.95. The third kappa shape index (κ3) is 21.6. The van der Waals surface area contributed by atoms with Gasteiger partial charge in [-0.3, -0.25) is 43.3 Å². The molecule has 1 aliphatic heterocycles. The van der Waals surface area contributed by atoms with Gasteiger partial charge < -0.3 is 74.4 Å². The summed E-state index contributed by atoms with van der Waals surface area (Å²) in [6, 6.07) is 5.48. The summed E-state index contributed by atoms with van der Waals surface area (Å²) in [6.07, 6.45) is 6.12. The van der Waals surface area contributed by atoms with Crippen LogP contribution >= 0.6 is 0 Å². The summed E-state index contributed by atoms with van der Waals surface area (Å²) in [5.41, 5.74) is 20.2. The molecule has 0 aliphatic carbocycles. The van der Waals surface area contributed by atoms with E-state index in [-0.39, 0.29) is 93.4 Å². The van der Waals surface area contributed by atoms with Gasteiger partial charge in [-0.25, -0.2) is 9.78 Å². The average molecular weight is 1190 g/mol. The Bertz CT molecular complexity index is 2920. The molecule has 0 spiro atoms. The minimum Gasteiger partial charge on any atom is -0.480 e. The Morgan fingerprint density at radius 3 is 1.67 bits per heavy atom. The molecular formula is C61H91N15O10. The number of amides is 8. The smallest absolute Gasteiger partial charge is 0.326 e. The van der Waals surface area contributed by atoms with Crippen LogP contribution < -0.4 is 54.4 Å². The van der Waals surface area contributed by atoms with Crippen LogP contribution in [-0.2, 0) is 62.4 Å². The lowest BCUT2D eigenvalue weighted by Crippen LogP contribution is -2.61. The maximum absolute atomic E-state index is 14.9. The van der Waals surface area contributed by atoms with Crippen molar-refractivity contribution in [3.63, 3.8) is 0 Å². The van der Waals surface area contributed by atoms with Gasteiger partial charge in [0, 0.05) is 61.3 Å². The SMILES string of the molecule is CC(C)C[C@H](NC(=O)[C@H](CC(C)C)NC(=O)[C@H](Cc1ccccc1)NC(=O)[C@H](CC(C)C)NC(=O)[C@H](CCCN=C(N)N)NC(=O)[C@H](Cc1cnc[nH]1)NC(=O)[C@H](Cc1c[nH]c2ccccc12)NC(=O)[C@@H]1CCCN1C(=O)[C@@H](N)CC(C)C)C(=O)O. The molecule has 1 aliphatic rings. The van der Waals surface area contributed by atoms with Crippen molar-refractivity contribution in [2.24, 2.45) is 45.9 Å². The molecule has 470 valence electrons. The van der Waals surface area contributed by atoms with Gasteiger partial charge in [0.1, 0.15) is 48.3 Å². The highest BCUT2D eigenvalue weighted by Crippen LogP contribution is 2.23. The number of fused-ring (bicyclic) bond motifs is 1. The van der Waals surface area contributed by atoms with Crippen molar-refractivity contribution in [2.75, 3.05) is 13.1 Å². The highest BCUT2D eigenvalue weighted by atomic mass is 16.4. The molecule has 86 heavy (non-hydrogen) atoms. The number of nitrogens with zero attached hydrogens (tertiary/aromatic N) is 3. The van der Waals surface area contributed by atoms with E-state index in [9.17, 15) is 48.3 Å². The number of likely N-dealkylation sites (tertiary alicyclic amines) is 1. The number of rotatable bonds is 34. The van der Waals surface area contributed by atoms with Gasteiger partial charge in [0.05, 0.1) is 12.4 Å². The first kappa shape index (κ1) is 68.4. The molecule has 5 rings (SSSR count). The molecular weight excluding hydrogens is 1100 g/mol. The van der Waals surface area contributed by atoms with Gasteiger partial charge in [0.2, 0.25) is 47.3 Å². The number of carboxylic acid groups (broad SMARTS) is 1. The summed E-state index contributed by atoms with van der Waals surface area (Å²) in [7, 11) is 0. The minimum atomic E-state index is -1.41. The molecule has 25 heteroatoms. The fraction of sp³-hybridized carbons (Fsp3) is 0.557. The molecule has 0 unspecified atom stereocenters. The van der Waals surface area contributed by atoms with Crippen molar-refractivity contribution in [3.05, 3.63) is 90.1 Å². The summed E-state index contributed by atoms with van der Waals surface area (Å²) in [4.78, 5) is 143. The quantitative estimate of drug-likeness (QED) is 0.0181. The molecule has 16 N–H and O–H groups in total. The number of H-pyrrole nitrogens is 2. The number of carbonyl (C=O) groups excluding carboxylic acids is 8. The van der Waals surface area contributed by atoms with Crippen LogP contribution in [0.1, 0.15) is 124 Å². The number of aliphatic imine (C=N–C) groups is 1. The third-order valence-corrected chi connectivity index (χ3v) is 14.7. The van der Waals surface area contributed by atoms with Crippen LogP contribution in [0.4, 0.5) is 0 Å². The lowest BCUT2D eigenvalue weighted by molar-refractivity contribution is -0.143. The Morgan fingerprint density at radius 2 is 1.12 bits per heavy atom. The lowest BCUT2D eigenvalue weighted by atomic mass is 9.98. The van der Waals surface area contributed by atoms with E-state index in [1.54, 1.807) is 36.5 Å². The van der Waals surface area contributed by atoms with Crippen molar-refractivity contribution < 1.29 is 48.3 Å². The zero-order valence-electron chi connectivity index (χ0n) is 50.8. The number of para-hydroxylation sites is 1. The van der Waals surface area contributed by atoms with Gasteiger partial charge in [-0.05, 0) is 92.2 Å². The summed E-state index contributed by atoms with van der Waals surface area (Å²) in [5.74, 6) is -7.17. The monoisotopic (exact) mass is 1190 g/mol. The van der Waals surface area contributed by atoms with E-state index in [1.807, 2.05) is 79.7 Å². The Labute approximate surface area is 503 Å². The van der Waals surface area contributed by atoms with E-state index < -0.39 is 102 Å². The molecule has 2 aromatic heterocycles. The van der Waals surface area contributed by atoms with Crippen molar-refractivity contribution >= 4 is 70.1 Å². The fourth-order valence-corrected chi connectivity index (χ4v) is 10.5. The molecule has 0 bridgehead atoms. The van der Waals surface area contributed by atoms with Crippen LogP contribution in [0.3, 0.4) is 0 Å². The van der Waals surface area contributed by atoms with E-state index in [0.29, 0.717) is 42.6 Å². The summed E-state index contributed by atoms with van der Waals surface area (Å²) < 4.78 is 0. The number of carboxylic acids is 1. The number of benzene rings is 2. The number of aromatic nitrogens is 3. The number of nitrogens with one attached hydrogen (secondary N) is 9.